The molecule has 0 atom stereocenters. The molecule has 4 rings (SSSR count). The summed E-state index contributed by atoms with van der Waals surface area (Å²) >= 11 is 3.15. The van der Waals surface area contributed by atoms with E-state index in [2.05, 4.69) is 9.88 Å². The molecular weight excluding hydrogens is 424 g/mol. The fourth-order valence-corrected chi connectivity index (χ4v) is 6.13. The van der Waals surface area contributed by atoms with E-state index < -0.39 is 27.4 Å². The lowest BCUT2D eigenvalue weighted by atomic mass is 10.2. The van der Waals surface area contributed by atoms with Crippen LogP contribution in [0.15, 0.2) is 40.4 Å². The highest BCUT2D eigenvalue weighted by Crippen LogP contribution is 2.29. The molecule has 0 saturated carbocycles. The summed E-state index contributed by atoms with van der Waals surface area (Å²) in [5, 5.41) is 6.91. The molecule has 1 aromatic carbocycles. The van der Waals surface area contributed by atoms with Crippen molar-refractivity contribution in [2.45, 2.75) is 5.75 Å². The first kappa shape index (κ1) is 19.4. The summed E-state index contributed by atoms with van der Waals surface area (Å²) in [6, 6.07) is 4.85. The lowest BCUT2D eigenvalue weighted by Crippen LogP contribution is -2.49. The SMILES string of the molecule is O=S(=O)(Cc1cc(F)cc(F)c1)N1CCN(c2nc(-c3ccsc3)cs2)CC1. The molecule has 0 unspecified atom stereocenters. The molecule has 1 aliphatic heterocycles. The quantitative estimate of drug-likeness (QED) is 0.604. The number of piperazine rings is 1. The van der Waals surface area contributed by atoms with Crippen molar-refractivity contribution in [1.29, 1.82) is 0 Å². The maximum absolute atomic E-state index is 13.3. The van der Waals surface area contributed by atoms with Crippen molar-refractivity contribution in [2.75, 3.05) is 31.1 Å². The van der Waals surface area contributed by atoms with Gasteiger partial charge in [0.15, 0.2) is 5.13 Å². The Balaban J connectivity index is 1.40. The number of nitrogens with zero attached hydrogens (tertiary/aromatic N) is 3. The Labute approximate surface area is 169 Å². The number of halogens is 2. The average Bonchev–Trinajstić information content (AvgIpc) is 3.32. The number of thiazole rings is 1. The second-order valence-electron chi connectivity index (χ2n) is 6.45. The number of rotatable bonds is 5. The van der Waals surface area contributed by atoms with E-state index >= 15 is 0 Å². The van der Waals surface area contributed by atoms with Crippen molar-refractivity contribution >= 4 is 37.8 Å². The molecule has 0 N–H and O–H groups in total. The third kappa shape index (κ3) is 4.24. The summed E-state index contributed by atoms with van der Waals surface area (Å²) in [5.41, 5.74) is 2.11. The standard InChI is InChI=1S/C18H17F2N3O2S3/c19-15-7-13(8-16(20)9-15)12-28(24,25)23-4-2-22(3-5-23)18-21-17(11-27-18)14-1-6-26-10-14/h1,6-11H,2-5,12H2. The first-order valence-electron chi connectivity index (χ1n) is 8.56. The van der Waals surface area contributed by atoms with Crippen molar-refractivity contribution in [2.24, 2.45) is 0 Å². The van der Waals surface area contributed by atoms with Crippen LogP contribution in [0.4, 0.5) is 13.9 Å². The maximum Gasteiger partial charge on any atom is 0.218 e. The van der Waals surface area contributed by atoms with Crippen LogP contribution in [-0.4, -0.2) is 43.9 Å². The fourth-order valence-electron chi connectivity index (χ4n) is 3.11. The van der Waals surface area contributed by atoms with E-state index in [0.29, 0.717) is 26.2 Å². The normalized spacial score (nSPS) is 15.9. The molecule has 5 nitrogen and oxygen atoms in total. The highest BCUT2D eigenvalue weighted by molar-refractivity contribution is 7.88. The fraction of sp³-hybridized carbons (Fsp3) is 0.278. The third-order valence-corrected chi connectivity index (χ3v) is 7.92. The first-order valence-corrected chi connectivity index (χ1v) is 12.0. The average molecular weight is 442 g/mol. The summed E-state index contributed by atoms with van der Waals surface area (Å²) in [6.45, 7) is 1.67. The van der Waals surface area contributed by atoms with Gasteiger partial charge >= 0.3 is 0 Å². The van der Waals surface area contributed by atoms with Gasteiger partial charge in [-0.3, -0.25) is 0 Å². The molecule has 0 bridgehead atoms. The Morgan fingerprint density at radius 2 is 1.75 bits per heavy atom. The predicted octanol–water partition coefficient (Wildman–Crippen LogP) is 3.80. The number of aromatic nitrogens is 1. The molecule has 0 radical (unpaired) electrons. The van der Waals surface area contributed by atoms with E-state index in [9.17, 15) is 17.2 Å². The Bertz CT molecular complexity index is 1040. The summed E-state index contributed by atoms with van der Waals surface area (Å²) in [5.74, 6) is -1.97. The molecule has 10 heteroatoms. The lowest BCUT2D eigenvalue weighted by molar-refractivity contribution is 0.384. The molecule has 2 aromatic heterocycles. The summed E-state index contributed by atoms with van der Waals surface area (Å²) in [4.78, 5) is 6.71. The zero-order valence-electron chi connectivity index (χ0n) is 14.7. The minimum Gasteiger partial charge on any atom is -0.345 e. The number of hydrogen-bond donors (Lipinski definition) is 0. The maximum atomic E-state index is 13.3. The number of hydrogen-bond acceptors (Lipinski definition) is 6. The van der Waals surface area contributed by atoms with Gasteiger partial charge in [-0.2, -0.15) is 15.6 Å². The van der Waals surface area contributed by atoms with Crippen LogP contribution in [0.3, 0.4) is 0 Å². The third-order valence-electron chi connectivity index (χ3n) is 4.48. The monoisotopic (exact) mass is 441 g/mol. The smallest absolute Gasteiger partial charge is 0.218 e. The van der Waals surface area contributed by atoms with Gasteiger partial charge in [-0.05, 0) is 29.1 Å². The van der Waals surface area contributed by atoms with Crippen molar-refractivity contribution in [3.63, 3.8) is 0 Å². The molecule has 148 valence electrons. The highest BCUT2D eigenvalue weighted by atomic mass is 32.2. The van der Waals surface area contributed by atoms with E-state index in [1.807, 2.05) is 22.2 Å². The van der Waals surface area contributed by atoms with Crippen LogP contribution in [0.25, 0.3) is 11.3 Å². The Kier molecular flexibility index (Phi) is 5.46. The van der Waals surface area contributed by atoms with E-state index in [-0.39, 0.29) is 5.56 Å². The minimum atomic E-state index is -3.65. The number of thiophene rings is 1. The van der Waals surface area contributed by atoms with Gasteiger partial charge < -0.3 is 4.90 Å². The van der Waals surface area contributed by atoms with Gasteiger partial charge in [0.05, 0.1) is 11.4 Å². The van der Waals surface area contributed by atoms with Crippen LogP contribution < -0.4 is 4.90 Å². The molecule has 1 fully saturated rings. The largest absolute Gasteiger partial charge is 0.345 e. The van der Waals surface area contributed by atoms with Gasteiger partial charge in [-0.1, -0.05) is 0 Å². The molecule has 0 aliphatic carbocycles. The van der Waals surface area contributed by atoms with Crippen molar-refractivity contribution in [3.05, 3.63) is 57.6 Å². The Morgan fingerprint density at radius 3 is 2.39 bits per heavy atom. The van der Waals surface area contributed by atoms with Crippen LogP contribution >= 0.6 is 22.7 Å². The summed E-state index contributed by atoms with van der Waals surface area (Å²) in [6.07, 6.45) is 0. The van der Waals surface area contributed by atoms with Crippen LogP contribution in [0.1, 0.15) is 5.56 Å². The molecule has 1 saturated heterocycles. The number of benzene rings is 1. The van der Waals surface area contributed by atoms with Gasteiger partial charge in [0, 0.05) is 48.6 Å². The predicted molar refractivity (Wildman–Crippen MR) is 108 cm³/mol. The van der Waals surface area contributed by atoms with Crippen LogP contribution in [0.2, 0.25) is 0 Å². The zero-order valence-corrected chi connectivity index (χ0v) is 17.2. The molecule has 3 aromatic rings. The van der Waals surface area contributed by atoms with Crippen molar-refractivity contribution < 1.29 is 17.2 Å². The highest BCUT2D eigenvalue weighted by Gasteiger charge is 2.28. The first-order chi connectivity index (χ1) is 13.4. The number of sulfonamides is 1. The summed E-state index contributed by atoms with van der Waals surface area (Å²) in [7, 11) is -3.65. The topological polar surface area (TPSA) is 53.5 Å². The van der Waals surface area contributed by atoms with E-state index in [0.717, 1.165) is 34.6 Å². The van der Waals surface area contributed by atoms with Crippen molar-refractivity contribution in [1.82, 2.24) is 9.29 Å². The molecule has 0 spiro atoms. The van der Waals surface area contributed by atoms with E-state index in [1.165, 1.54) is 15.6 Å². The molecule has 28 heavy (non-hydrogen) atoms. The zero-order chi connectivity index (χ0) is 19.7. The second kappa shape index (κ2) is 7.86. The summed E-state index contributed by atoms with van der Waals surface area (Å²) < 4.78 is 53.3. The van der Waals surface area contributed by atoms with E-state index in [1.54, 1.807) is 11.3 Å². The molecule has 3 heterocycles. The second-order valence-corrected chi connectivity index (χ2v) is 10.0. The van der Waals surface area contributed by atoms with Gasteiger partial charge in [0.1, 0.15) is 11.6 Å². The van der Waals surface area contributed by atoms with Crippen LogP contribution in [0.5, 0.6) is 0 Å². The Morgan fingerprint density at radius 1 is 1.04 bits per heavy atom. The van der Waals surface area contributed by atoms with Gasteiger partial charge in [-0.25, -0.2) is 22.2 Å². The minimum absolute atomic E-state index is 0.111. The van der Waals surface area contributed by atoms with Crippen LogP contribution in [-0.2, 0) is 15.8 Å². The van der Waals surface area contributed by atoms with Gasteiger partial charge in [0.25, 0.3) is 0 Å². The molecule has 0 amide bonds. The number of anilines is 1. The van der Waals surface area contributed by atoms with Gasteiger partial charge in [0.2, 0.25) is 10.0 Å². The van der Waals surface area contributed by atoms with E-state index in [4.69, 9.17) is 0 Å². The molecule has 1 aliphatic rings. The molecular formula is C18H17F2N3O2S3. The van der Waals surface area contributed by atoms with Gasteiger partial charge in [-0.15, -0.1) is 11.3 Å². The Hall–Kier alpha value is -1.88. The van der Waals surface area contributed by atoms with Crippen LogP contribution in [0, 0.1) is 11.6 Å². The van der Waals surface area contributed by atoms with Crippen molar-refractivity contribution in [3.8, 4) is 11.3 Å². The lowest BCUT2D eigenvalue weighted by Gasteiger charge is -2.33.